The molecule has 2 aromatic heterocycles. The summed E-state index contributed by atoms with van der Waals surface area (Å²) in [4.78, 5) is 13.2. The summed E-state index contributed by atoms with van der Waals surface area (Å²) < 4.78 is 5.16. The van der Waals surface area contributed by atoms with E-state index in [9.17, 15) is 9.90 Å². The number of rotatable bonds is 7. The number of nitrogens with one attached hydrogen (secondary N) is 2. The molecule has 6 heteroatoms. The highest BCUT2D eigenvalue weighted by molar-refractivity contribution is 7.10. The average Bonchev–Trinajstić information content (AvgIpc) is 3.17. The molecule has 2 amide bonds. The fourth-order valence-corrected chi connectivity index (χ4v) is 3.14. The van der Waals surface area contributed by atoms with Gasteiger partial charge in [-0.3, -0.25) is 0 Å². The molecule has 0 saturated carbocycles. The lowest BCUT2D eigenvalue weighted by Crippen LogP contribution is -2.42. The predicted octanol–water partition coefficient (Wildman–Crippen LogP) is 3.60. The molecule has 0 fully saturated rings. The number of aliphatic hydroxyl groups excluding tert-OH is 1. The molecule has 2 rings (SSSR count). The molecule has 5 nitrogen and oxygen atoms in total. The molecule has 22 heavy (non-hydrogen) atoms. The monoisotopic (exact) mass is 322 g/mol. The minimum absolute atomic E-state index is 0.0159. The topological polar surface area (TPSA) is 74.5 Å². The fourth-order valence-electron chi connectivity index (χ4n) is 2.28. The second-order valence-electron chi connectivity index (χ2n) is 5.26. The molecule has 2 aromatic rings. The third kappa shape index (κ3) is 4.61. The normalized spacial score (nSPS) is 15.0. The summed E-state index contributed by atoms with van der Waals surface area (Å²) in [5.74, 6) is 0.513. The van der Waals surface area contributed by atoms with E-state index in [1.165, 1.54) is 6.26 Å². The Kier molecular flexibility index (Phi) is 6.03. The third-order valence-electron chi connectivity index (χ3n) is 3.43. The van der Waals surface area contributed by atoms with Gasteiger partial charge in [-0.1, -0.05) is 13.0 Å². The standard InChI is InChI=1S/C16H22N2O3S/c1-3-12(15-7-5-9-22-15)18-16(20)17-11(2)10-13(19)14-6-4-8-21-14/h4-9,11-13,19H,3,10H2,1-2H3,(H2,17,18,20)/t11-,12+,13+/m1/s1. The van der Waals surface area contributed by atoms with Crippen LogP contribution in [0.4, 0.5) is 4.79 Å². The molecule has 0 unspecified atom stereocenters. The second kappa shape index (κ2) is 8.00. The van der Waals surface area contributed by atoms with Crippen LogP contribution >= 0.6 is 11.3 Å². The number of carbonyl (C=O) groups excluding carboxylic acids is 1. The van der Waals surface area contributed by atoms with E-state index < -0.39 is 6.10 Å². The molecule has 0 aromatic carbocycles. The van der Waals surface area contributed by atoms with Gasteiger partial charge in [-0.05, 0) is 36.9 Å². The average molecular weight is 322 g/mol. The van der Waals surface area contributed by atoms with Crippen molar-refractivity contribution in [1.29, 1.82) is 0 Å². The van der Waals surface area contributed by atoms with E-state index in [2.05, 4.69) is 10.6 Å². The zero-order valence-corrected chi connectivity index (χ0v) is 13.6. The Balaban J connectivity index is 1.80. The number of thiophene rings is 1. The molecular weight excluding hydrogens is 300 g/mol. The maximum Gasteiger partial charge on any atom is 0.315 e. The highest BCUT2D eigenvalue weighted by Gasteiger charge is 2.18. The molecule has 120 valence electrons. The summed E-state index contributed by atoms with van der Waals surface area (Å²) in [6, 6.07) is 7.08. The summed E-state index contributed by atoms with van der Waals surface area (Å²) in [7, 11) is 0. The van der Waals surface area contributed by atoms with Gasteiger partial charge in [-0.2, -0.15) is 0 Å². The molecule has 3 atom stereocenters. The third-order valence-corrected chi connectivity index (χ3v) is 4.41. The van der Waals surface area contributed by atoms with Gasteiger partial charge >= 0.3 is 6.03 Å². The fraction of sp³-hybridized carbons (Fsp3) is 0.438. The predicted molar refractivity (Wildman–Crippen MR) is 86.8 cm³/mol. The van der Waals surface area contributed by atoms with Gasteiger partial charge in [0.2, 0.25) is 0 Å². The van der Waals surface area contributed by atoms with Gasteiger partial charge in [0.15, 0.2) is 0 Å². The van der Waals surface area contributed by atoms with Crippen molar-refractivity contribution in [3.05, 3.63) is 46.5 Å². The summed E-state index contributed by atoms with van der Waals surface area (Å²) in [5.41, 5.74) is 0. The number of hydrogen-bond acceptors (Lipinski definition) is 4. The number of urea groups is 1. The van der Waals surface area contributed by atoms with Gasteiger partial charge in [0, 0.05) is 17.3 Å². The number of carbonyl (C=O) groups is 1. The summed E-state index contributed by atoms with van der Waals surface area (Å²) in [6.07, 6.45) is 2.04. The molecule has 0 aliphatic rings. The van der Waals surface area contributed by atoms with Crippen molar-refractivity contribution in [1.82, 2.24) is 10.6 Å². The van der Waals surface area contributed by atoms with E-state index in [-0.39, 0.29) is 18.1 Å². The Bertz CT molecular complexity index is 554. The number of aliphatic hydroxyl groups is 1. The Hall–Kier alpha value is -1.79. The lowest BCUT2D eigenvalue weighted by Gasteiger charge is -2.20. The largest absolute Gasteiger partial charge is 0.467 e. The van der Waals surface area contributed by atoms with Crippen molar-refractivity contribution in [3.8, 4) is 0 Å². The van der Waals surface area contributed by atoms with Gasteiger partial charge in [-0.15, -0.1) is 11.3 Å². The van der Waals surface area contributed by atoms with Gasteiger partial charge < -0.3 is 20.2 Å². The quantitative estimate of drug-likeness (QED) is 0.729. The summed E-state index contributed by atoms with van der Waals surface area (Å²) in [5, 5.41) is 17.8. The first-order valence-corrected chi connectivity index (χ1v) is 8.30. The number of amides is 2. The Labute approximate surface area is 134 Å². The zero-order valence-electron chi connectivity index (χ0n) is 12.8. The first-order valence-electron chi connectivity index (χ1n) is 7.42. The van der Waals surface area contributed by atoms with Crippen LogP contribution in [0.25, 0.3) is 0 Å². The Morgan fingerprint density at radius 1 is 1.36 bits per heavy atom. The molecule has 3 N–H and O–H groups in total. The summed E-state index contributed by atoms with van der Waals surface area (Å²) in [6.45, 7) is 3.90. The van der Waals surface area contributed by atoms with Gasteiger partial charge in [0.05, 0.1) is 12.3 Å². The van der Waals surface area contributed by atoms with Crippen molar-refractivity contribution < 1.29 is 14.3 Å². The maximum atomic E-state index is 12.1. The van der Waals surface area contributed by atoms with Gasteiger partial charge in [0.1, 0.15) is 11.9 Å². The van der Waals surface area contributed by atoms with E-state index in [0.717, 1.165) is 11.3 Å². The first kappa shape index (κ1) is 16.6. The van der Waals surface area contributed by atoms with Crippen LogP contribution in [0, 0.1) is 0 Å². The highest BCUT2D eigenvalue weighted by atomic mass is 32.1. The molecule has 0 bridgehead atoms. The lowest BCUT2D eigenvalue weighted by molar-refractivity contribution is 0.129. The Morgan fingerprint density at radius 3 is 2.77 bits per heavy atom. The van der Waals surface area contributed by atoms with Crippen LogP contribution in [-0.4, -0.2) is 17.2 Å². The number of hydrogen-bond donors (Lipinski definition) is 3. The molecule has 0 spiro atoms. The minimum Gasteiger partial charge on any atom is -0.467 e. The van der Waals surface area contributed by atoms with Crippen molar-refractivity contribution in [3.63, 3.8) is 0 Å². The molecule has 0 radical (unpaired) electrons. The molecule has 0 aliphatic carbocycles. The first-order chi connectivity index (χ1) is 10.6. The SMILES string of the molecule is CC[C@H](NC(=O)N[C@H](C)C[C@H](O)c1ccco1)c1cccs1. The zero-order chi connectivity index (χ0) is 15.9. The van der Waals surface area contributed by atoms with Crippen molar-refractivity contribution >= 4 is 17.4 Å². The van der Waals surface area contributed by atoms with Crippen LogP contribution in [0.2, 0.25) is 0 Å². The smallest absolute Gasteiger partial charge is 0.315 e. The van der Waals surface area contributed by atoms with Crippen molar-refractivity contribution in [2.24, 2.45) is 0 Å². The van der Waals surface area contributed by atoms with Crippen LogP contribution in [-0.2, 0) is 0 Å². The molecule has 2 heterocycles. The van der Waals surface area contributed by atoms with Crippen LogP contribution < -0.4 is 10.6 Å². The van der Waals surface area contributed by atoms with Crippen LogP contribution in [0.5, 0.6) is 0 Å². The number of furan rings is 1. The van der Waals surface area contributed by atoms with Crippen LogP contribution in [0.3, 0.4) is 0 Å². The van der Waals surface area contributed by atoms with Crippen molar-refractivity contribution in [2.45, 2.75) is 44.9 Å². The highest BCUT2D eigenvalue weighted by Crippen LogP contribution is 2.22. The summed E-state index contributed by atoms with van der Waals surface area (Å²) >= 11 is 1.63. The van der Waals surface area contributed by atoms with Crippen LogP contribution in [0.1, 0.15) is 49.5 Å². The van der Waals surface area contributed by atoms with E-state index in [1.54, 1.807) is 23.5 Å². The second-order valence-corrected chi connectivity index (χ2v) is 6.24. The van der Waals surface area contributed by atoms with E-state index >= 15 is 0 Å². The Morgan fingerprint density at radius 2 is 2.18 bits per heavy atom. The van der Waals surface area contributed by atoms with Crippen molar-refractivity contribution in [2.75, 3.05) is 0 Å². The van der Waals surface area contributed by atoms with E-state index in [0.29, 0.717) is 12.2 Å². The van der Waals surface area contributed by atoms with Gasteiger partial charge in [-0.25, -0.2) is 4.79 Å². The molecular formula is C16H22N2O3S. The van der Waals surface area contributed by atoms with Gasteiger partial charge in [0.25, 0.3) is 0 Å². The minimum atomic E-state index is -0.718. The molecule has 0 saturated heterocycles. The lowest BCUT2D eigenvalue weighted by atomic mass is 10.1. The van der Waals surface area contributed by atoms with E-state index in [1.807, 2.05) is 31.4 Å². The van der Waals surface area contributed by atoms with E-state index in [4.69, 9.17) is 4.42 Å². The molecule has 0 aliphatic heterocycles. The maximum absolute atomic E-state index is 12.1. The van der Waals surface area contributed by atoms with Crippen LogP contribution in [0.15, 0.2) is 40.3 Å².